The Balaban J connectivity index is 1.52. The Morgan fingerprint density at radius 2 is 1.69 bits per heavy atom. The van der Waals surface area contributed by atoms with Gasteiger partial charge in [-0.15, -0.1) is 0 Å². The summed E-state index contributed by atoms with van der Waals surface area (Å²) in [5.74, 6) is -1.79. The van der Waals surface area contributed by atoms with E-state index in [2.05, 4.69) is 20.8 Å². The normalized spacial score (nSPS) is 11.6. The number of aromatic nitrogens is 2. The number of hydrazine groups is 1. The molecule has 1 unspecified atom stereocenters. The van der Waals surface area contributed by atoms with Crippen LogP contribution in [0.3, 0.4) is 0 Å². The van der Waals surface area contributed by atoms with Gasteiger partial charge < -0.3 is 4.74 Å². The molecule has 32 heavy (non-hydrogen) atoms. The molecular formula is C24H19FN4O3. The van der Waals surface area contributed by atoms with Crippen molar-refractivity contribution in [2.45, 2.75) is 13.0 Å². The van der Waals surface area contributed by atoms with Crippen molar-refractivity contribution in [1.29, 1.82) is 0 Å². The van der Waals surface area contributed by atoms with Crippen molar-refractivity contribution in [3.63, 3.8) is 0 Å². The number of rotatable bonds is 5. The Morgan fingerprint density at radius 1 is 0.969 bits per heavy atom. The van der Waals surface area contributed by atoms with Crippen LogP contribution in [-0.2, 0) is 4.79 Å². The second-order valence-corrected chi connectivity index (χ2v) is 6.94. The van der Waals surface area contributed by atoms with Crippen LogP contribution < -0.4 is 15.6 Å². The monoisotopic (exact) mass is 430 g/mol. The summed E-state index contributed by atoms with van der Waals surface area (Å²) in [6.45, 7) is 1.46. The number of hydrogen-bond acceptors (Lipinski definition) is 5. The summed E-state index contributed by atoms with van der Waals surface area (Å²) in [6, 6.07) is 18.2. The number of para-hydroxylation sites is 2. The van der Waals surface area contributed by atoms with E-state index < -0.39 is 23.7 Å². The molecule has 4 rings (SSSR count). The lowest BCUT2D eigenvalue weighted by atomic mass is 10.0. The second kappa shape index (κ2) is 9.22. The summed E-state index contributed by atoms with van der Waals surface area (Å²) in [7, 11) is 0. The minimum absolute atomic E-state index is 0.0522. The van der Waals surface area contributed by atoms with Gasteiger partial charge in [-0.3, -0.25) is 25.4 Å². The highest BCUT2D eigenvalue weighted by Crippen LogP contribution is 2.24. The van der Waals surface area contributed by atoms with Crippen LogP contribution in [0, 0.1) is 5.82 Å². The molecule has 0 aliphatic heterocycles. The highest BCUT2D eigenvalue weighted by molar-refractivity contribution is 6.07. The van der Waals surface area contributed by atoms with Crippen LogP contribution in [0.5, 0.6) is 5.75 Å². The van der Waals surface area contributed by atoms with Gasteiger partial charge in [-0.25, -0.2) is 9.37 Å². The van der Waals surface area contributed by atoms with Gasteiger partial charge in [0.1, 0.15) is 0 Å². The smallest absolute Gasteiger partial charge is 0.279 e. The quantitative estimate of drug-likeness (QED) is 0.472. The molecule has 0 aliphatic carbocycles. The lowest BCUT2D eigenvalue weighted by molar-refractivity contribution is -0.128. The van der Waals surface area contributed by atoms with E-state index in [1.807, 2.05) is 6.07 Å². The van der Waals surface area contributed by atoms with Crippen molar-refractivity contribution in [1.82, 2.24) is 20.8 Å². The third-order valence-electron chi connectivity index (χ3n) is 4.75. The van der Waals surface area contributed by atoms with Gasteiger partial charge in [0.25, 0.3) is 11.8 Å². The number of nitrogens with one attached hydrogen (secondary N) is 2. The van der Waals surface area contributed by atoms with Crippen LogP contribution in [0.25, 0.3) is 22.2 Å². The van der Waals surface area contributed by atoms with Crippen LogP contribution in [-0.4, -0.2) is 27.9 Å². The molecule has 8 heteroatoms. The van der Waals surface area contributed by atoms with Gasteiger partial charge in [-0.05, 0) is 43.3 Å². The van der Waals surface area contributed by atoms with E-state index in [9.17, 15) is 14.0 Å². The standard InChI is InChI=1S/C24H19FN4O3/c1-15(32-22-9-5-3-7-19(22)25)23(30)28-29-24(31)18-14-21(16-10-12-26-13-11-16)27-20-8-4-2-6-17(18)20/h2-15H,1H3,(H,28,30)(H,29,31). The molecule has 0 spiro atoms. The van der Waals surface area contributed by atoms with Crippen molar-refractivity contribution < 1.29 is 18.7 Å². The maximum atomic E-state index is 13.7. The van der Waals surface area contributed by atoms with Gasteiger partial charge in [0, 0.05) is 23.3 Å². The number of fused-ring (bicyclic) bond motifs is 1. The van der Waals surface area contributed by atoms with E-state index in [4.69, 9.17) is 4.74 Å². The number of hydrogen-bond donors (Lipinski definition) is 2. The summed E-state index contributed by atoms with van der Waals surface area (Å²) in [5, 5.41) is 0.632. The summed E-state index contributed by atoms with van der Waals surface area (Å²) in [4.78, 5) is 33.9. The fourth-order valence-electron chi connectivity index (χ4n) is 3.11. The van der Waals surface area contributed by atoms with E-state index in [1.165, 1.54) is 25.1 Å². The van der Waals surface area contributed by atoms with Crippen molar-refractivity contribution >= 4 is 22.7 Å². The zero-order chi connectivity index (χ0) is 22.5. The Hall–Kier alpha value is -4.33. The largest absolute Gasteiger partial charge is 0.478 e. The predicted octanol–water partition coefficient (Wildman–Crippen LogP) is 3.66. The third kappa shape index (κ3) is 4.54. The first kappa shape index (κ1) is 20.9. The summed E-state index contributed by atoms with van der Waals surface area (Å²) in [5.41, 5.74) is 7.10. The van der Waals surface area contributed by atoms with Crippen molar-refractivity contribution in [2.75, 3.05) is 0 Å². The highest BCUT2D eigenvalue weighted by atomic mass is 19.1. The molecule has 1 atom stereocenters. The molecule has 160 valence electrons. The molecule has 0 bridgehead atoms. The molecule has 0 fully saturated rings. The van der Waals surface area contributed by atoms with Crippen molar-refractivity contribution in [3.8, 4) is 17.0 Å². The van der Waals surface area contributed by atoms with Gasteiger partial charge in [0.2, 0.25) is 0 Å². The topological polar surface area (TPSA) is 93.2 Å². The van der Waals surface area contributed by atoms with Crippen molar-refractivity contribution in [3.05, 3.63) is 90.5 Å². The molecule has 0 aliphatic rings. The lowest BCUT2D eigenvalue weighted by Gasteiger charge is -2.16. The third-order valence-corrected chi connectivity index (χ3v) is 4.75. The van der Waals surface area contributed by atoms with E-state index >= 15 is 0 Å². The maximum absolute atomic E-state index is 13.7. The number of carbonyl (C=O) groups excluding carboxylic acids is 2. The van der Waals surface area contributed by atoms with Crippen LogP contribution in [0.15, 0.2) is 79.1 Å². The number of carbonyl (C=O) groups is 2. The van der Waals surface area contributed by atoms with E-state index in [0.717, 1.165) is 5.56 Å². The van der Waals surface area contributed by atoms with E-state index in [1.54, 1.807) is 54.9 Å². The second-order valence-electron chi connectivity index (χ2n) is 6.94. The molecule has 2 aromatic heterocycles. The number of pyridine rings is 2. The molecule has 2 amide bonds. The molecule has 0 saturated heterocycles. The van der Waals surface area contributed by atoms with Gasteiger partial charge >= 0.3 is 0 Å². The average Bonchev–Trinajstić information content (AvgIpc) is 2.83. The number of halogens is 1. The lowest BCUT2D eigenvalue weighted by Crippen LogP contribution is -2.47. The first-order valence-corrected chi connectivity index (χ1v) is 9.84. The number of benzene rings is 2. The van der Waals surface area contributed by atoms with Crippen LogP contribution in [0.4, 0.5) is 4.39 Å². The summed E-state index contributed by atoms with van der Waals surface area (Å²) in [6.07, 6.45) is 2.25. The molecule has 0 saturated carbocycles. The average molecular weight is 430 g/mol. The molecule has 2 aromatic carbocycles. The fraction of sp³-hybridized carbons (Fsp3) is 0.0833. The summed E-state index contributed by atoms with van der Waals surface area (Å²) < 4.78 is 19.1. The first-order valence-electron chi connectivity index (χ1n) is 9.84. The number of nitrogens with zero attached hydrogens (tertiary/aromatic N) is 2. The molecule has 2 N–H and O–H groups in total. The Morgan fingerprint density at radius 3 is 2.47 bits per heavy atom. The maximum Gasteiger partial charge on any atom is 0.279 e. The minimum atomic E-state index is -1.03. The van der Waals surface area contributed by atoms with Crippen LogP contribution >= 0.6 is 0 Å². The molecule has 0 radical (unpaired) electrons. The predicted molar refractivity (Wildman–Crippen MR) is 117 cm³/mol. The Kier molecular flexibility index (Phi) is 6.03. The van der Waals surface area contributed by atoms with Gasteiger partial charge in [0.05, 0.1) is 16.8 Å². The Labute approximate surface area is 183 Å². The van der Waals surface area contributed by atoms with Gasteiger partial charge in [-0.1, -0.05) is 30.3 Å². The van der Waals surface area contributed by atoms with Crippen LogP contribution in [0.2, 0.25) is 0 Å². The number of ether oxygens (including phenoxy) is 1. The van der Waals surface area contributed by atoms with Gasteiger partial charge in [0.15, 0.2) is 17.7 Å². The van der Waals surface area contributed by atoms with Gasteiger partial charge in [-0.2, -0.15) is 0 Å². The van der Waals surface area contributed by atoms with E-state index in [-0.39, 0.29) is 5.75 Å². The highest BCUT2D eigenvalue weighted by Gasteiger charge is 2.19. The summed E-state index contributed by atoms with van der Waals surface area (Å²) >= 11 is 0. The molecule has 2 heterocycles. The fourth-order valence-corrected chi connectivity index (χ4v) is 3.11. The molecule has 4 aromatic rings. The molecule has 7 nitrogen and oxygen atoms in total. The zero-order valence-electron chi connectivity index (χ0n) is 17.1. The van der Waals surface area contributed by atoms with E-state index in [0.29, 0.717) is 22.2 Å². The minimum Gasteiger partial charge on any atom is -0.478 e. The first-order chi connectivity index (χ1) is 15.5. The van der Waals surface area contributed by atoms with Crippen molar-refractivity contribution in [2.24, 2.45) is 0 Å². The number of amides is 2. The molecular weight excluding hydrogens is 411 g/mol. The SMILES string of the molecule is CC(Oc1ccccc1F)C(=O)NNC(=O)c1cc(-c2ccncc2)nc2ccccc12. The Bertz CT molecular complexity index is 1280. The van der Waals surface area contributed by atoms with Crippen LogP contribution in [0.1, 0.15) is 17.3 Å². The zero-order valence-corrected chi connectivity index (χ0v) is 17.1.